The first-order valence-electron chi connectivity index (χ1n) is 8.64. The van der Waals surface area contributed by atoms with Crippen molar-refractivity contribution in [3.63, 3.8) is 0 Å². The van der Waals surface area contributed by atoms with Gasteiger partial charge in [0.15, 0.2) is 0 Å². The minimum atomic E-state index is -0.338. The zero-order valence-electron chi connectivity index (χ0n) is 15.0. The first-order valence-corrected chi connectivity index (χ1v) is 8.64. The van der Waals surface area contributed by atoms with Crippen LogP contribution in [0.4, 0.5) is 4.39 Å². The van der Waals surface area contributed by atoms with Gasteiger partial charge in [-0.3, -0.25) is 14.4 Å². The Kier molecular flexibility index (Phi) is 5.33. The Hall–Kier alpha value is -2.72. The quantitative estimate of drug-likeness (QED) is 0.843. The molecule has 7 heteroatoms. The number of carbonyl (C=O) groups excluding carboxylic acids is 1. The molecule has 6 nitrogen and oxygen atoms in total. The number of halogens is 1. The van der Waals surface area contributed by atoms with Crippen LogP contribution in [0, 0.1) is 17.1 Å². The predicted octanol–water partition coefficient (Wildman–Crippen LogP) is 2.17. The molecule has 0 unspecified atom stereocenters. The van der Waals surface area contributed by atoms with E-state index in [1.807, 2.05) is 13.1 Å². The normalized spacial score (nSPS) is 15.6. The molecule has 1 aromatic carbocycles. The lowest BCUT2D eigenvalue weighted by atomic mass is 10.0. The van der Waals surface area contributed by atoms with E-state index in [0.717, 1.165) is 25.9 Å². The van der Waals surface area contributed by atoms with Crippen molar-refractivity contribution in [3.8, 4) is 6.07 Å². The van der Waals surface area contributed by atoms with Crippen molar-refractivity contribution >= 4 is 5.91 Å². The SMILES string of the molecule is CN(C(=O)c1cnn(C)c1)C1CCN(Cc2ccc(C#N)cc2F)CC1. The Bertz CT molecular complexity index is 833. The second kappa shape index (κ2) is 7.67. The van der Waals surface area contributed by atoms with Crippen molar-refractivity contribution < 1.29 is 9.18 Å². The monoisotopic (exact) mass is 355 g/mol. The number of benzene rings is 1. The summed E-state index contributed by atoms with van der Waals surface area (Å²) in [6, 6.07) is 6.72. The fourth-order valence-corrected chi connectivity index (χ4v) is 3.35. The van der Waals surface area contributed by atoms with Gasteiger partial charge in [0.05, 0.1) is 23.4 Å². The molecule has 0 atom stereocenters. The van der Waals surface area contributed by atoms with Crippen molar-refractivity contribution in [3.05, 3.63) is 53.1 Å². The smallest absolute Gasteiger partial charge is 0.257 e. The molecule has 0 aliphatic carbocycles. The van der Waals surface area contributed by atoms with E-state index in [1.165, 1.54) is 6.07 Å². The molecule has 0 bridgehead atoms. The van der Waals surface area contributed by atoms with Crippen LogP contribution in [0.2, 0.25) is 0 Å². The zero-order valence-corrected chi connectivity index (χ0v) is 15.0. The molecule has 1 aromatic heterocycles. The summed E-state index contributed by atoms with van der Waals surface area (Å²) in [4.78, 5) is 16.5. The van der Waals surface area contributed by atoms with Crippen LogP contribution in [0.25, 0.3) is 0 Å². The Morgan fingerprint density at radius 1 is 1.42 bits per heavy atom. The molecule has 1 aliphatic rings. The molecule has 2 aromatic rings. The fraction of sp³-hybridized carbons (Fsp3) is 0.421. The number of piperidine rings is 1. The zero-order chi connectivity index (χ0) is 18.7. The first-order chi connectivity index (χ1) is 12.5. The van der Waals surface area contributed by atoms with Gasteiger partial charge in [-0.25, -0.2) is 4.39 Å². The van der Waals surface area contributed by atoms with Gasteiger partial charge in [0.2, 0.25) is 0 Å². The third-order valence-corrected chi connectivity index (χ3v) is 4.95. The molecule has 1 fully saturated rings. The van der Waals surface area contributed by atoms with Gasteiger partial charge in [-0.1, -0.05) is 6.07 Å². The van der Waals surface area contributed by atoms with E-state index in [9.17, 15) is 9.18 Å². The van der Waals surface area contributed by atoms with Crippen molar-refractivity contribution in [1.29, 1.82) is 5.26 Å². The van der Waals surface area contributed by atoms with Gasteiger partial charge in [0.1, 0.15) is 5.82 Å². The second-order valence-corrected chi connectivity index (χ2v) is 6.74. The lowest BCUT2D eigenvalue weighted by Crippen LogP contribution is -2.45. The second-order valence-electron chi connectivity index (χ2n) is 6.74. The number of carbonyl (C=O) groups is 1. The van der Waals surface area contributed by atoms with Crippen LogP contribution >= 0.6 is 0 Å². The third-order valence-electron chi connectivity index (χ3n) is 4.95. The van der Waals surface area contributed by atoms with E-state index in [1.54, 1.807) is 41.2 Å². The molecule has 1 saturated heterocycles. The Labute approximate surface area is 152 Å². The summed E-state index contributed by atoms with van der Waals surface area (Å²) in [5, 5.41) is 12.9. The summed E-state index contributed by atoms with van der Waals surface area (Å²) in [7, 11) is 3.62. The highest BCUT2D eigenvalue weighted by atomic mass is 19.1. The Morgan fingerprint density at radius 2 is 2.15 bits per heavy atom. The number of amides is 1. The average Bonchev–Trinajstić information content (AvgIpc) is 3.09. The van der Waals surface area contributed by atoms with E-state index in [0.29, 0.717) is 23.2 Å². The van der Waals surface area contributed by atoms with Crippen LogP contribution in [0.15, 0.2) is 30.6 Å². The lowest BCUT2D eigenvalue weighted by Gasteiger charge is -2.36. The van der Waals surface area contributed by atoms with Gasteiger partial charge in [-0.05, 0) is 25.0 Å². The molecule has 3 rings (SSSR count). The molecule has 1 amide bonds. The summed E-state index contributed by atoms with van der Waals surface area (Å²) in [5.41, 5.74) is 1.53. The highest BCUT2D eigenvalue weighted by molar-refractivity contribution is 5.93. The Balaban J connectivity index is 1.55. The summed E-state index contributed by atoms with van der Waals surface area (Å²) in [5.74, 6) is -0.357. The van der Waals surface area contributed by atoms with Crippen LogP contribution in [0.3, 0.4) is 0 Å². The largest absolute Gasteiger partial charge is 0.339 e. The maximum atomic E-state index is 14.1. The summed E-state index contributed by atoms with van der Waals surface area (Å²) < 4.78 is 15.7. The number of rotatable bonds is 4. The van der Waals surface area contributed by atoms with Crippen molar-refractivity contribution in [2.45, 2.75) is 25.4 Å². The molecule has 26 heavy (non-hydrogen) atoms. The van der Waals surface area contributed by atoms with Crippen LogP contribution in [0.5, 0.6) is 0 Å². The van der Waals surface area contributed by atoms with E-state index < -0.39 is 0 Å². The highest BCUT2D eigenvalue weighted by Crippen LogP contribution is 2.20. The molecule has 1 aliphatic heterocycles. The van der Waals surface area contributed by atoms with Gasteiger partial charge in [0.25, 0.3) is 5.91 Å². The summed E-state index contributed by atoms with van der Waals surface area (Å²) in [6.45, 7) is 2.12. The number of likely N-dealkylation sites (tertiary alicyclic amines) is 1. The standard InChI is InChI=1S/C19H22FN5O/c1-23-12-16(11-22-23)19(26)24(2)17-5-7-25(8-6-17)13-15-4-3-14(10-21)9-18(15)20/h3-4,9,11-12,17H,5-8,13H2,1-2H3. The molecule has 136 valence electrons. The van der Waals surface area contributed by atoms with Gasteiger partial charge >= 0.3 is 0 Å². The van der Waals surface area contributed by atoms with Gasteiger partial charge in [-0.2, -0.15) is 10.4 Å². The molecule has 2 heterocycles. The minimum absolute atomic E-state index is 0.0188. The van der Waals surface area contributed by atoms with E-state index in [4.69, 9.17) is 5.26 Å². The number of hydrogen-bond acceptors (Lipinski definition) is 4. The minimum Gasteiger partial charge on any atom is -0.339 e. The van der Waals surface area contributed by atoms with Gasteiger partial charge < -0.3 is 4.90 Å². The average molecular weight is 355 g/mol. The fourth-order valence-electron chi connectivity index (χ4n) is 3.35. The van der Waals surface area contributed by atoms with Crippen LogP contribution in [0.1, 0.15) is 34.3 Å². The molecule has 0 N–H and O–H groups in total. The number of hydrogen-bond donors (Lipinski definition) is 0. The number of aromatic nitrogens is 2. The van der Waals surface area contributed by atoms with Crippen molar-refractivity contribution in [1.82, 2.24) is 19.6 Å². The van der Waals surface area contributed by atoms with E-state index in [2.05, 4.69) is 10.00 Å². The lowest BCUT2D eigenvalue weighted by molar-refractivity contribution is 0.0635. The van der Waals surface area contributed by atoms with Crippen LogP contribution in [-0.2, 0) is 13.6 Å². The molecular formula is C19H22FN5O. The summed E-state index contributed by atoms with van der Waals surface area (Å²) >= 11 is 0. The van der Waals surface area contributed by atoms with E-state index in [-0.39, 0.29) is 17.8 Å². The van der Waals surface area contributed by atoms with Crippen molar-refractivity contribution in [2.24, 2.45) is 7.05 Å². The number of nitriles is 1. The van der Waals surface area contributed by atoms with Crippen LogP contribution < -0.4 is 0 Å². The number of nitrogens with zero attached hydrogens (tertiary/aromatic N) is 5. The highest BCUT2D eigenvalue weighted by Gasteiger charge is 2.26. The van der Waals surface area contributed by atoms with Crippen LogP contribution in [-0.4, -0.2) is 51.7 Å². The van der Waals surface area contributed by atoms with Gasteiger partial charge in [0, 0.05) is 51.5 Å². The van der Waals surface area contributed by atoms with Gasteiger partial charge in [-0.15, -0.1) is 0 Å². The molecule has 0 saturated carbocycles. The predicted molar refractivity (Wildman–Crippen MR) is 94.7 cm³/mol. The molecule has 0 spiro atoms. The maximum Gasteiger partial charge on any atom is 0.257 e. The molecule has 0 radical (unpaired) electrons. The number of aryl methyl sites for hydroxylation is 1. The van der Waals surface area contributed by atoms with Crippen molar-refractivity contribution in [2.75, 3.05) is 20.1 Å². The third kappa shape index (κ3) is 3.92. The summed E-state index contributed by atoms with van der Waals surface area (Å²) in [6.07, 6.45) is 5.00. The first kappa shape index (κ1) is 18.1. The Morgan fingerprint density at radius 3 is 2.73 bits per heavy atom. The maximum absolute atomic E-state index is 14.1. The molecular weight excluding hydrogens is 333 g/mol. The topological polar surface area (TPSA) is 65.2 Å². The van der Waals surface area contributed by atoms with E-state index >= 15 is 0 Å².